The van der Waals surface area contributed by atoms with E-state index >= 15 is 0 Å². The molecule has 0 saturated carbocycles. The lowest BCUT2D eigenvalue weighted by molar-refractivity contribution is -0.121. The number of aliphatic hydroxyl groups is 4. The van der Waals surface area contributed by atoms with Crippen LogP contribution in [-0.2, 0) is 4.79 Å². The van der Waals surface area contributed by atoms with Gasteiger partial charge >= 0.3 is 0 Å². The van der Waals surface area contributed by atoms with Gasteiger partial charge in [-0.3, -0.25) is 9.69 Å². The topological polar surface area (TPSA) is 101 Å². The molecule has 0 aromatic carbocycles. The predicted molar refractivity (Wildman–Crippen MR) is 107 cm³/mol. The van der Waals surface area contributed by atoms with E-state index in [0.717, 1.165) is 64.2 Å². The Bertz CT molecular complexity index is 393. The molecule has 27 heavy (non-hydrogen) atoms. The van der Waals surface area contributed by atoms with Crippen LogP contribution in [-0.4, -0.2) is 75.2 Å². The van der Waals surface area contributed by atoms with Crippen molar-refractivity contribution in [3.8, 4) is 0 Å². The Morgan fingerprint density at radius 1 is 0.815 bits per heavy atom. The first-order chi connectivity index (χ1) is 13.1. The van der Waals surface area contributed by atoms with Gasteiger partial charge in [0, 0.05) is 25.5 Å². The zero-order valence-corrected chi connectivity index (χ0v) is 17.1. The van der Waals surface area contributed by atoms with E-state index in [4.69, 9.17) is 5.11 Å². The number of hydrogen-bond acceptors (Lipinski definition) is 6. The van der Waals surface area contributed by atoms with Gasteiger partial charge in [-0.15, -0.1) is 0 Å². The lowest BCUT2D eigenvalue weighted by atomic mass is 10.0. The van der Waals surface area contributed by atoms with E-state index in [-0.39, 0.29) is 25.4 Å². The van der Waals surface area contributed by atoms with Gasteiger partial charge in [-0.1, -0.05) is 51.9 Å². The van der Waals surface area contributed by atoms with Crippen LogP contribution in [0.5, 0.6) is 0 Å². The number of nitrogens with zero attached hydrogens (tertiary/aromatic N) is 1. The highest BCUT2D eigenvalue weighted by atomic mass is 16.3. The fraction of sp³-hybridized carbons (Fsp3) is 0.952. The van der Waals surface area contributed by atoms with Gasteiger partial charge in [-0.05, 0) is 25.8 Å². The van der Waals surface area contributed by atoms with Gasteiger partial charge in [-0.2, -0.15) is 0 Å². The summed E-state index contributed by atoms with van der Waals surface area (Å²) in [4.78, 5) is 14.2. The van der Waals surface area contributed by atoms with Gasteiger partial charge in [-0.25, -0.2) is 0 Å². The van der Waals surface area contributed by atoms with Gasteiger partial charge < -0.3 is 20.4 Å². The molecule has 1 fully saturated rings. The second kappa shape index (κ2) is 14.5. The zero-order valence-electron chi connectivity index (χ0n) is 17.1. The van der Waals surface area contributed by atoms with Crippen LogP contribution in [0.15, 0.2) is 0 Å². The monoisotopic (exact) mass is 387 g/mol. The van der Waals surface area contributed by atoms with Crippen molar-refractivity contribution in [3.63, 3.8) is 0 Å². The molecule has 1 aliphatic rings. The lowest BCUT2D eigenvalue weighted by Crippen LogP contribution is -2.42. The van der Waals surface area contributed by atoms with Crippen molar-refractivity contribution in [2.24, 2.45) is 0 Å². The van der Waals surface area contributed by atoms with Gasteiger partial charge in [0.15, 0.2) is 0 Å². The Kier molecular flexibility index (Phi) is 13.1. The summed E-state index contributed by atoms with van der Waals surface area (Å²) in [6, 6.07) is -0.881. The maximum atomic E-state index is 12.3. The van der Waals surface area contributed by atoms with E-state index in [0.29, 0.717) is 13.0 Å². The number of carbonyl (C=O) groups excluding carboxylic acids is 1. The molecule has 1 heterocycles. The molecule has 160 valence electrons. The van der Waals surface area contributed by atoms with Crippen molar-refractivity contribution in [2.45, 2.75) is 108 Å². The zero-order chi connectivity index (χ0) is 20.1. The average Bonchev–Trinajstić information content (AvgIpc) is 2.88. The molecule has 0 radical (unpaired) electrons. The molecule has 0 bridgehead atoms. The highest BCUT2D eigenvalue weighted by Crippen LogP contribution is 2.28. The van der Waals surface area contributed by atoms with Gasteiger partial charge in [0.2, 0.25) is 0 Å². The molecule has 4 atom stereocenters. The number of hydrogen-bond donors (Lipinski definition) is 4. The van der Waals surface area contributed by atoms with E-state index in [1.807, 2.05) is 4.90 Å². The van der Waals surface area contributed by atoms with E-state index in [1.54, 1.807) is 0 Å². The molecule has 6 nitrogen and oxygen atoms in total. The van der Waals surface area contributed by atoms with Crippen LogP contribution in [0.4, 0.5) is 0 Å². The molecule has 4 N–H and O–H groups in total. The SMILES string of the molecule is CCCCCC(=O)C[C@@H]1[C@H](O)[C@H](O)[C@@H](CO)N1CCCCCCCCCO. The minimum Gasteiger partial charge on any atom is -0.396 e. The lowest BCUT2D eigenvalue weighted by Gasteiger charge is -2.29. The van der Waals surface area contributed by atoms with Crippen molar-refractivity contribution in [1.29, 1.82) is 0 Å². The quantitative estimate of drug-likeness (QED) is 0.302. The van der Waals surface area contributed by atoms with Crippen molar-refractivity contribution in [2.75, 3.05) is 19.8 Å². The molecule has 0 aromatic rings. The fourth-order valence-electron chi connectivity index (χ4n) is 4.07. The Hall–Kier alpha value is -0.530. The standard InChI is InChI=1S/C21H41NO5/c1-2-3-9-12-17(25)15-18-20(26)21(27)19(16-24)22(18)13-10-7-5-4-6-8-11-14-23/h18-21,23-24,26-27H,2-16H2,1H3/t18-,19-,20+,21-/m1/s1. The maximum Gasteiger partial charge on any atom is 0.134 e. The fourth-order valence-corrected chi connectivity index (χ4v) is 4.07. The number of carbonyl (C=O) groups is 1. The number of ketones is 1. The molecule has 1 aliphatic heterocycles. The second-order valence-corrected chi connectivity index (χ2v) is 7.93. The minimum absolute atomic E-state index is 0.132. The Morgan fingerprint density at radius 2 is 1.41 bits per heavy atom. The van der Waals surface area contributed by atoms with Crippen LogP contribution in [0.1, 0.15) is 84.0 Å². The number of rotatable bonds is 16. The smallest absolute Gasteiger partial charge is 0.134 e. The summed E-state index contributed by atoms with van der Waals surface area (Å²) < 4.78 is 0. The summed E-state index contributed by atoms with van der Waals surface area (Å²) in [5.41, 5.74) is 0. The van der Waals surface area contributed by atoms with Gasteiger partial charge in [0.1, 0.15) is 5.78 Å². The summed E-state index contributed by atoms with van der Waals surface area (Å²) in [6.45, 7) is 2.84. The van der Waals surface area contributed by atoms with E-state index < -0.39 is 24.3 Å². The van der Waals surface area contributed by atoms with Crippen molar-refractivity contribution in [3.05, 3.63) is 0 Å². The average molecular weight is 388 g/mol. The van der Waals surface area contributed by atoms with E-state index in [1.165, 1.54) is 0 Å². The molecular formula is C21H41NO5. The molecular weight excluding hydrogens is 346 g/mol. The Morgan fingerprint density at radius 3 is 2.00 bits per heavy atom. The number of Topliss-reactive ketones (excluding diaryl/α,β-unsaturated/α-hetero) is 1. The van der Waals surface area contributed by atoms with Crippen molar-refractivity contribution in [1.82, 2.24) is 4.90 Å². The van der Waals surface area contributed by atoms with E-state index in [9.17, 15) is 20.1 Å². The molecule has 0 spiro atoms. The summed E-state index contributed by atoms with van der Waals surface area (Å²) in [5, 5.41) is 39.1. The van der Waals surface area contributed by atoms with E-state index in [2.05, 4.69) is 6.92 Å². The van der Waals surface area contributed by atoms with Crippen LogP contribution in [0, 0.1) is 0 Å². The molecule has 0 aromatic heterocycles. The van der Waals surface area contributed by atoms with Gasteiger partial charge in [0.05, 0.1) is 24.9 Å². The van der Waals surface area contributed by atoms with Gasteiger partial charge in [0.25, 0.3) is 0 Å². The Balaban J connectivity index is 2.44. The summed E-state index contributed by atoms with van der Waals surface area (Å²) in [5.74, 6) is 0.132. The maximum absolute atomic E-state index is 12.3. The summed E-state index contributed by atoms with van der Waals surface area (Å²) in [7, 11) is 0. The molecule has 1 saturated heterocycles. The second-order valence-electron chi connectivity index (χ2n) is 7.93. The highest BCUT2D eigenvalue weighted by molar-refractivity contribution is 5.79. The molecule has 6 heteroatoms. The Labute approximate surface area is 164 Å². The largest absolute Gasteiger partial charge is 0.396 e. The third-order valence-electron chi connectivity index (χ3n) is 5.75. The van der Waals surface area contributed by atoms with Crippen LogP contribution in [0.25, 0.3) is 0 Å². The number of likely N-dealkylation sites (tertiary alicyclic amines) is 1. The normalized spacial score (nSPS) is 26.0. The third kappa shape index (κ3) is 8.57. The minimum atomic E-state index is -0.998. The van der Waals surface area contributed by atoms with Crippen LogP contribution >= 0.6 is 0 Å². The van der Waals surface area contributed by atoms with Crippen molar-refractivity contribution >= 4 is 5.78 Å². The van der Waals surface area contributed by atoms with Crippen LogP contribution in [0.2, 0.25) is 0 Å². The summed E-state index contributed by atoms with van der Waals surface area (Å²) in [6.07, 6.45) is 9.09. The molecule has 0 unspecified atom stereocenters. The first-order valence-electron chi connectivity index (χ1n) is 10.9. The number of unbranched alkanes of at least 4 members (excludes halogenated alkanes) is 8. The first kappa shape index (κ1) is 24.5. The van der Waals surface area contributed by atoms with Crippen molar-refractivity contribution < 1.29 is 25.2 Å². The first-order valence-corrected chi connectivity index (χ1v) is 10.9. The van der Waals surface area contributed by atoms with Crippen LogP contribution in [0.3, 0.4) is 0 Å². The number of aliphatic hydroxyl groups excluding tert-OH is 4. The van der Waals surface area contributed by atoms with Crippen LogP contribution < -0.4 is 0 Å². The predicted octanol–water partition coefficient (Wildman–Crippen LogP) is 2.02. The molecule has 0 aliphatic carbocycles. The molecule has 1 rings (SSSR count). The molecule has 0 amide bonds. The highest BCUT2D eigenvalue weighted by Gasteiger charge is 2.47. The summed E-state index contributed by atoms with van der Waals surface area (Å²) >= 11 is 0. The third-order valence-corrected chi connectivity index (χ3v) is 5.75.